The van der Waals surface area contributed by atoms with E-state index < -0.39 is 0 Å². The number of hydrogen-bond acceptors (Lipinski definition) is 1. The molecule has 0 N–H and O–H groups in total. The van der Waals surface area contributed by atoms with E-state index in [1.54, 1.807) is 0 Å². The molecule has 1 fully saturated rings. The molecule has 2 rings (SSSR count). The van der Waals surface area contributed by atoms with Crippen molar-refractivity contribution < 1.29 is 4.74 Å². The summed E-state index contributed by atoms with van der Waals surface area (Å²) < 4.78 is 4.86. The van der Waals surface area contributed by atoms with Crippen LogP contribution in [0.3, 0.4) is 0 Å². The van der Waals surface area contributed by atoms with E-state index in [1.165, 1.54) is 12.0 Å². The standard InChI is InChI=1S/C8H7Cl.C4H8O/c9-7-6-8-4-2-1-3-5-8;1-2-4-3-5-4/h1-7H;4H,2-3H2,1H3. The van der Waals surface area contributed by atoms with Crippen molar-refractivity contribution in [2.45, 2.75) is 19.4 Å². The second-order valence-corrected chi connectivity index (χ2v) is 3.32. The van der Waals surface area contributed by atoms with Crippen LogP contribution in [0.1, 0.15) is 18.9 Å². The third-order valence-corrected chi connectivity index (χ3v) is 2.04. The van der Waals surface area contributed by atoms with Crippen LogP contribution in [0.2, 0.25) is 0 Å². The fraction of sp³-hybridized carbons (Fsp3) is 0.333. The van der Waals surface area contributed by atoms with Crippen molar-refractivity contribution in [3.8, 4) is 0 Å². The average Bonchev–Trinajstić information content (AvgIpc) is 3.04. The highest BCUT2D eigenvalue weighted by molar-refractivity contribution is 6.27. The van der Waals surface area contributed by atoms with Crippen molar-refractivity contribution in [3.05, 3.63) is 41.4 Å². The van der Waals surface area contributed by atoms with E-state index >= 15 is 0 Å². The molecule has 2 heteroatoms. The van der Waals surface area contributed by atoms with Gasteiger partial charge in [0, 0.05) is 5.54 Å². The summed E-state index contributed by atoms with van der Waals surface area (Å²) in [5, 5.41) is 0. The first kappa shape index (κ1) is 11.3. The molecule has 0 spiro atoms. The lowest BCUT2D eigenvalue weighted by Crippen LogP contribution is -1.73. The van der Waals surface area contributed by atoms with Crippen molar-refractivity contribution in [1.29, 1.82) is 0 Å². The normalized spacial score (nSPS) is 18.9. The lowest BCUT2D eigenvalue weighted by molar-refractivity contribution is 0.403. The van der Waals surface area contributed by atoms with Crippen LogP contribution in [0.25, 0.3) is 6.08 Å². The highest BCUT2D eigenvalue weighted by Crippen LogP contribution is 2.10. The van der Waals surface area contributed by atoms with Gasteiger partial charge in [-0.1, -0.05) is 48.9 Å². The summed E-state index contributed by atoms with van der Waals surface area (Å²) in [5.41, 5.74) is 2.64. The van der Waals surface area contributed by atoms with Gasteiger partial charge in [0.05, 0.1) is 12.7 Å². The van der Waals surface area contributed by atoms with Gasteiger partial charge in [0.15, 0.2) is 0 Å². The molecule has 0 radical (unpaired) electrons. The van der Waals surface area contributed by atoms with Gasteiger partial charge in [-0.2, -0.15) is 0 Å². The molecule has 1 nitrogen and oxygen atoms in total. The molecule has 0 amide bonds. The van der Waals surface area contributed by atoms with Crippen LogP contribution in [-0.4, -0.2) is 12.7 Å². The molecule has 1 aromatic carbocycles. The second-order valence-electron chi connectivity index (χ2n) is 3.07. The Balaban J connectivity index is 0.000000165. The number of halogens is 1. The summed E-state index contributed by atoms with van der Waals surface area (Å²) in [6.45, 7) is 3.15. The van der Waals surface area contributed by atoms with E-state index in [0.29, 0.717) is 6.10 Å². The lowest BCUT2D eigenvalue weighted by Gasteiger charge is -1.86. The third-order valence-electron chi connectivity index (χ3n) is 1.91. The van der Waals surface area contributed by atoms with Crippen LogP contribution in [0, 0.1) is 0 Å². The number of hydrogen-bond donors (Lipinski definition) is 0. The Kier molecular flexibility index (Phi) is 5.35. The summed E-state index contributed by atoms with van der Waals surface area (Å²) in [4.78, 5) is 0. The largest absolute Gasteiger partial charge is 0.373 e. The Morgan fingerprint density at radius 3 is 2.43 bits per heavy atom. The van der Waals surface area contributed by atoms with Crippen molar-refractivity contribution in [2.75, 3.05) is 6.61 Å². The minimum atomic E-state index is 0.634. The molecule has 0 aromatic heterocycles. The topological polar surface area (TPSA) is 12.5 Å². The minimum Gasteiger partial charge on any atom is -0.373 e. The fourth-order valence-corrected chi connectivity index (χ4v) is 1.09. The summed E-state index contributed by atoms with van der Waals surface area (Å²) in [7, 11) is 0. The van der Waals surface area contributed by atoms with E-state index in [9.17, 15) is 0 Å². The maximum atomic E-state index is 5.36. The van der Waals surface area contributed by atoms with Gasteiger partial charge in [0.25, 0.3) is 0 Å². The predicted octanol–water partition coefficient (Wildman–Crippen LogP) is 3.69. The third kappa shape index (κ3) is 5.05. The van der Waals surface area contributed by atoms with Gasteiger partial charge in [0.1, 0.15) is 0 Å². The van der Waals surface area contributed by atoms with Gasteiger partial charge < -0.3 is 4.74 Å². The van der Waals surface area contributed by atoms with Crippen LogP contribution in [-0.2, 0) is 4.74 Å². The molecular formula is C12H15ClO. The summed E-state index contributed by atoms with van der Waals surface area (Å²) >= 11 is 5.36. The van der Waals surface area contributed by atoms with Gasteiger partial charge in [-0.05, 0) is 18.1 Å². The molecule has 1 aliphatic rings. The molecule has 0 bridgehead atoms. The Bertz CT molecular complexity index is 265. The molecule has 1 unspecified atom stereocenters. The van der Waals surface area contributed by atoms with Gasteiger partial charge in [-0.3, -0.25) is 0 Å². The molecule has 1 aliphatic heterocycles. The minimum absolute atomic E-state index is 0.634. The first-order chi connectivity index (χ1) is 6.86. The Hall–Kier alpha value is -0.790. The Morgan fingerprint density at radius 2 is 2.07 bits per heavy atom. The molecule has 0 aliphatic carbocycles. The van der Waals surface area contributed by atoms with Crippen LogP contribution in [0.15, 0.2) is 35.9 Å². The van der Waals surface area contributed by atoms with Crippen LogP contribution in [0.5, 0.6) is 0 Å². The molecule has 76 valence electrons. The zero-order chi connectivity index (χ0) is 10.2. The smallest absolute Gasteiger partial charge is 0.0807 e. The SMILES string of the molecule is CCC1CO1.ClC=Cc1ccccc1. The quantitative estimate of drug-likeness (QED) is 0.679. The summed E-state index contributed by atoms with van der Waals surface area (Å²) in [6, 6.07) is 9.93. The second kappa shape index (κ2) is 6.63. The number of epoxide rings is 1. The molecule has 1 atom stereocenters. The first-order valence-corrected chi connectivity index (χ1v) is 5.24. The molecular weight excluding hydrogens is 196 g/mol. The van der Waals surface area contributed by atoms with Crippen LogP contribution >= 0.6 is 11.6 Å². The van der Waals surface area contributed by atoms with Crippen molar-refractivity contribution in [1.82, 2.24) is 0 Å². The summed E-state index contributed by atoms with van der Waals surface area (Å²) in [5.74, 6) is 0. The Morgan fingerprint density at radius 1 is 1.43 bits per heavy atom. The molecule has 1 heterocycles. The van der Waals surface area contributed by atoms with Crippen LogP contribution < -0.4 is 0 Å². The maximum Gasteiger partial charge on any atom is 0.0807 e. The fourth-order valence-electron chi connectivity index (χ4n) is 0.941. The monoisotopic (exact) mass is 210 g/mol. The number of benzene rings is 1. The van der Waals surface area contributed by atoms with Gasteiger partial charge >= 0.3 is 0 Å². The number of ether oxygens (including phenoxy) is 1. The molecule has 0 saturated carbocycles. The predicted molar refractivity (Wildman–Crippen MR) is 61.4 cm³/mol. The van der Waals surface area contributed by atoms with E-state index in [-0.39, 0.29) is 0 Å². The van der Waals surface area contributed by atoms with Gasteiger partial charge in [-0.25, -0.2) is 0 Å². The summed E-state index contributed by atoms with van der Waals surface area (Å²) in [6.07, 6.45) is 3.68. The van der Waals surface area contributed by atoms with Crippen LogP contribution in [0.4, 0.5) is 0 Å². The highest BCUT2D eigenvalue weighted by atomic mass is 35.5. The van der Waals surface area contributed by atoms with Crippen molar-refractivity contribution in [2.24, 2.45) is 0 Å². The lowest BCUT2D eigenvalue weighted by atomic mass is 10.2. The average molecular weight is 211 g/mol. The molecule has 1 aromatic rings. The number of rotatable bonds is 2. The van der Waals surface area contributed by atoms with Gasteiger partial charge in [0.2, 0.25) is 0 Å². The van der Waals surface area contributed by atoms with E-state index in [1.807, 2.05) is 36.4 Å². The van der Waals surface area contributed by atoms with Crippen molar-refractivity contribution >= 4 is 17.7 Å². The highest BCUT2D eigenvalue weighted by Gasteiger charge is 2.18. The Labute approximate surface area is 90.3 Å². The molecule has 1 saturated heterocycles. The van der Waals surface area contributed by atoms with Crippen molar-refractivity contribution in [3.63, 3.8) is 0 Å². The zero-order valence-electron chi connectivity index (χ0n) is 8.32. The molecule has 14 heavy (non-hydrogen) atoms. The zero-order valence-corrected chi connectivity index (χ0v) is 9.08. The van der Waals surface area contributed by atoms with Gasteiger partial charge in [-0.15, -0.1) is 0 Å². The van der Waals surface area contributed by atoms with E-state index in [2.05, 4.69) is 6.92 Å². The van der Waals surface area contributed by atoms with E-state index in [0.717, 1.165) is 12.2 Å². The maximum absolute atomic E-state index is 5.36. The van der Waals surface area contributed by atoms with E-state index in [4.69, 9.17) is 16.3 Å². The first-order valence-electron chi connectivity index (χ1n) is 4.80.